The van der Waals surface area contributed by atoms with Crippen LogP contribution in [0.4, 0.5) is 0 Å². The summed E-state index contributed by atoms with van der Waals surface area (Å²) in [6.45, 7) is 10.9. The van der Waals surface area contributed by atoms with Crippen LogP contribution in [0, 0.1) is 11.8 Å². The van der Waals surface area contributed by atoms with Gasteiger partial charge in [-0.2, -0.15) is 0 Å². The van der Waals surface area contributed by atoms with Crippen molar-refractivity contribution in [2.75, 3.05) is 32.8 Å². The Labute approximate surface area is 129 Å². The second kappa shape index (κ2) is 7.59. The first-order valence-corrected chi connectivity index (χ1v) is 8.71. The van der Waals surface area contributed by atoms with Crippen LogP contribution < -0.4 is 5.32 Å². The van der Waals surface area contributed by atoms with Crippen molar-refractivity contribution in [1.82, 2.24) is 10.2 Å². The number of rotatable bonds is 5. The molecule has 0 amide bonds. The van der Waals surface area contributed by atoms with Crippen LogP contribution >= 0.6 is 0 Å². The molecule has 2 unspecified atom stereocenters. The molecule has 21 heavy (non-hydrogen) atoms. The van der Waals surface area contributed by atoms with Crippen molar-refractivity contribution in [3.63, 3.8) is 0 Å². The predicted molar refractivity (Wildman–Crippen MR) is 85.2 cm³/mol. The summed E-state index contributed by atoms with van der Waals surface area (Å²) in [5.41, 5.74) is -0.351. The molecule has 4 heteroatoms. The molecule has 1 aliphatic heterocycles. The third-order valence-corrected chi connectivity index (χ3v) is 5.01. The van der Waals surface area contributed by atoms with Crippen molar-refractivity contribution in [3.8, 4) is 0 Å². The Morgan fingerprint density at radius 2 is 2.10 bits per heavy atom. The van der Waals surface area contributed by atoms with Crippen LogP contribution in [0.1, 0.15) is 52.9 Å². The summed E-state index contributed by atoms with van der Waals surface area (Å²) in [4.78, 5) is 15.2. The van der Waals surface area contributed by atoms with Gasteiger partial charge < -0.3 is 10.1 Å². The van der Waals surface area contributed by atoms with E-state index >= 15 is 0 Å². The average molecular weight is 296 g/mol. The molecule has 1 aliphatic carbocycles. The minimum atomic E-state index is -0.351. The SMILES string of the molecule is CCOC(=O)C1(N2CCNCC2)CCCC(CC(C)C)C1. The number of piperazine rings is 1. The molecule has 0 aromatic heterocycles. The van der Waals surface area contributed by atoms with E-state index in [0.29, 0.717) is 18.4 Å². The van der Waals surface area contributed by atoms with Crippen molar-refractivity contribution >= 4 is 5.97 Å². The Morgan fingerprint density at radius 1 is 1.38 bits per heavy atom. The molecule has 4 nitrogen and oxygen atoms in total. The van der Waals surface area contributed by atoms with E-state index in [1.165, 1.54) is 12.8 Å². The van der Waals surface area contributed by atoms with Crippen LogP contribution in [0.5, 0.6) is 0 Å². The number of carbonyl (C=O) groups excluding carboxylic acids is 1. The van der Waals surface area contributed by atoms with Crippen molar-refractivity contribution in [3.05, 3.63) is 0 Å². The van der Waals surface area contributed by atoms with Gasteiger partial charge in [-0.05, 0) is 38.0 Å². The fourth-order valence-electron chi connectivity index (χ4n) is 4.19. The van der Waals surface area contributed by atoms with Gasteiger partial charge in [-0.1, -0.05) is 26.7 Å². The molecule has 0 aromatic carbocycles. The third-order valence-electron chi connectivity index (χ3n) is 5.01. The zero-order valence-electron chi connectivity index (χ0n) is 14.0. The number of nitrogens with one attached hydrogen (secondary N) is 1. The van der Waals surface area contributed by atoms with Gasteiger partial charge in [-0.15, -0.1) is 0 Å². The quantitative estimate of drug-likeness (QED) is 0.791. The molecule has 0 radical (unpaired) electrons. The first-order valence-electron chi connectivity index (χ1n) is 8.71. The van der Waals surface area contributed by atoms with Crippen molar-refractivity contribution in [1.29, 1.82) is 0 Å². The van der Waals surface area contributed by atoms with Gasteiger partial charge in [0.05, 0.1) is 6.61 Å². The maximum absolute atomic E-state index is 12.8. The molecule has 2 rings (SSSR count). The molecular formula is C17H32N2O2. The van der Waals surface area contributed by atoms with Crippen LogP contribution in [0.25, 0.3) is 0 Å². The summed E-state index contributed by atoms with van der Waals surface area (Å²) in [6, 6.07) is 0. The molecule has 1 N–H and O–H groups in total. The predicted octanol–water partition coefficient (Wildman–Crippen LogP) is 2.43. The number of nitrogens with zero attached hydrogens (tertiary/aromatic N) is 1. The lowest BCUT2D eigenvalue weighted by Crippen LogP contribution is -2.62. The number of carbonyl (C=O) groups is 1. The lowest BCUT2D eigenvalue weighted by atomic mass is 9.72. The normalized spacial score (nSPS) is 31.3. The van der Waals surface area contributed by atoms with E-state index in [4.69, 9.17) is 4.74 Å². The molecular weight excluding hydrogens is 264 g/mol. The molecule has 2 aliphatic rings. The molecule has 1 saturated heterocycles. The second-order valence-electron chi connectivity index (χ2n) is 7.08. The van der Waals surface area contributed by atoms with E-state index in [9.17, 15) is 4.79 Å². The Bertz CT molecular complexity index is 340. The highest BCUT2D eigenvalue weighted by Crippen LogP contribution is 2.40. The minimum absolute atomic E-state index is 0.0281. The van der Waals surface area contributed by atoms with E-state index in [1.807, 2.05) is 6.92 Å². The average Bonchev–Trinajstić information content (AvgIpc) is 2.48. The molecule has 0 spiro atoms. The van der Waals surface area contributed by atoms with Gasteiger partial charge in [0.25, 0.3) is 0 Å². The van der Waals surface area contributed by atoms with E-state index in [-0.39, 0.29) is 11.5 Å². The zero-order valence-corrected chi connectivity index (χ0v) is 14.0. The van der Waals surface area contributed by atoms with Gasteiger partial charge in [-0.25, -0.2) is 0 Å². The molecule has 0 bridgehead atoms. The summed E-state index contributed by atoms with van der Waals surface area (Å²) < 4.78 is 5.49. The van der Waals surface area contributed by atoms with Gasteiger partial charge in [0.1, 0.15) is 5.54 Å². The highest BCUT2D eigenvalue weighted by molar-refractivity contribution is 5.81. The Kier molecular flexibility index (Phi) is 6.06. The minimum Gasteiger partial charge on any atom is -0.465 e. The highest BCUT2D eigenvalue weighted by Gasteiger charge is 2.48. The van der Waals surface area contributed by atoms with Gasteiger partial charge >= 0.3 is 5.97 Å². The first-order chi connectivity index (χ1) is 10.1. The number of hydrogen-bond donors (Lipinski definition) is 1. The Morgan fingerprint density at radius 3 is 2.71 bits per heavy atom. The van der Waals surface area contributed by atoms with Crippen LogP contribution in [0.15, 0.2) is 0 Å². The summed E-state index contributed by atoms with van der Waals surface area (Å²) >= 11 is 0. The van der Waals surface area contributed by atoms with E-state index in [2.05, 4.69) is 24.1 Å². The second-order valence-corrected chi connectivity index (χ2v) is 7.08. The lowest BCUT2D eigenvalue weighted by molar-refractivity contribution is -0.163. The Hall–Kier alpha value is -0.610. The number of esters is 1. The van der Waals surface area contributed by atoms with E-state index in [0.717, 1.165) is 45.4 Å². The van der Waals surface area contributed by atoms with Gasteiger partial charge in [0, 0.05) is 26.2 Å². The summed E-state index contributed by atoms with van der Waals surface area (Å²) in [5, 5.41) is 3.39. The Balaban J connectivity index is 2.16. The third kappa shape index (κ3) is 3.98. The first kappa shape index (κ1) is 16.8. The molecule has 2 atom stereocenters. The van der Waals surface area contributed by atoms with Gasteiger partial charge in [-0.3, -0.25) is 9.69 Å². The van der Waals surface area contributed by atoms with Crippen molar-refractivity contribution in [2.24, 2.45) is 11.8 Å². The van der Waals surface area contributed by atoms with Crippen LogP contribution in [0.3, 0.4) is 0 Å². The maximum Gasteiger partial charge on any atom is 0.326 e. The standard InChI is InChI=1S/C17H32N2O2/c1-4-21-16(20)17(19-10-8-18-9-11-19)7-5-6-15(13-17)12-14(2)3/h14-15,18H,4-13H2,1-3H3. The van der Waals surface area contributed by atoms with E-state index < -0.39 is 0 Å². The molecule has 2 fully saturated rings. The topological polar surface area (TPSA) is 41.6 Å². The summed E-state index contributed by atoms with van der Waals surface area (Å²) in [6.07, 6.45) is 5.61. The largest absolute Gasteiger partial charge is 0.465 e. The number of ether oxygens (including phenoxy) is 1. The van der Waals surface area contributed by atoms with Crippen molar-refractivity contribution < 1.29 is 9.53 Å². The fraction of sp³-hybridized carbons (Fsp3) is 0.941. The molecule has 1 heterocycles. The smallest absolute Gasteiger partial charge is 0.326 e. The van der Waals surface area contributed by atoms with Crippen molar-refractivity contribution in [2.45, 2.75) is 58.4 Å². The van der Waals surface area contributed by atoms with Crippen LogP contribution in [0.2, 0.25) is 0 Å². The van der Waals surface area contributed by atoms with E-state index in [1.54, 1.807) is 0 Å². The van der Waals surface area contributed by atoms with Crippen LogP contribution in [-0.2, 0) is 9.53 Å². The molecule has 122 valence electrons. The van der Waals surface area contributed by atoms with Gasteiger partial charge in [0.15, 0.2) is 0 Å². The fourth-order valence-corrected chi connectivity index (χ4v) is 4.19. The zero-order chi connectivity index (χ0) is 15.3. The molecule has 0 aromatic rings. The molecule has 1 saturated carbocycles. The lowest BCUT2D eigenvalue weighted by Gasteiger charge is -2.48. The van der Waals surface area contributed by atoms with Crippen LogP contribution in [-0.4, -0.2) is 49.2 Å². The summed E-state index contributed by atoms with van der Waals surface area (Å²) in [5.74, 6) is 1.40. The summed E-state index contributed by atoms with van der Waals surface area (Å²) in [7, 11) is 0. The number of hydrogen-bond acceptors (Lipinski definition) is 4. The monoisotopic (exact) mass is 296 g/mol. The van der Waals surface area contributed by atoms with Gasteiger partial charge in [0.2, 0.25) is 0 Å². The maximum atomic E-state index is 12.8. The highest BCUT2D eigenvalue weighted by atomic mass is 16.5.